The van der Waals surface area contributed by atoms with E-state index < -0.39 is 0 Å². The van der Waals surface area contributed by atoms with E-state index in [1.807, 2.05) is 23.1 Å². The molecule has 5 heteroatoms. The van der Waals surface area contributed by atoms with E-state index >= 15 is 0 Å². The molecule has 4 rings (SSSR count). The Morgan fingerprint density at radius 2 is 1.75 bits per heavy atom. The van der Waals surface area contributed by atoms with Gasteiger partial charge in [0.1, 0.15) is 0 Å². The smallest absolute Gasteiger partial charge is 0.253 e. The van der Waals surface area contributed by atoms with Crippen LogP contribution in [-0.2, 0) is 0 Å². The van der Waals surface area contributed by atoms with Crippen LogP contribution < -0.4 is 5.32 Å². The summed E-state index contributed by atoms with van der Waals surface area (Å²) in [7, 11) is 0. The monoisotopic (exact) mass is 360 g/mol. The molecule has 2 fully saturated rings. The van der Waals surface area contributed by atoms with Crippen LogP contribution in [0, 0.1) is 5.41 Å². The zero-order chi connectivity index (χ0) is 16.7. The lowest BCUT2D eigenvalue weighted by Gasteiger charge is -2.59. The summed E-state index contributed by atoms with van der Waals surface area (Å²) in [4.78, 5) is 14.4. The second-order valence-electron chi connectivity index (χ2n) is 6.91. The van der Waals surface area contributed by atoms with Gasteiger partial charge in [0.2, 0.25) is 0 Å². The lowest BCUT2D eigenvalue weighted by Crippen LogP contribution is -2.66. The van der Waals surface area contributed by atoms with Crippen molar-refractivity contribution in [2.75, 3.05) is 18.4 Å². The van der Waals surface area contributed by atoms with E-state index in [9.17, 15) is 4.79 Å². The van der Waals surface area contributed by atoms with Gasteiger partial charge in [-0.3, -0.25) is 4.79 Å². The van der Waals surface area contributed by atoms with E-state index in [0.29, 0.717) is 27.1 Å². The van der Waals surface area contributed by atoms with Gasteiger partial charge in [0.15, 0.2) is 0 Å². The van der Waals surface area contributed by atoms with Crippen molar-refractivity contribution in [2.45, 2.75) is 18.9 Å². The number of carbonyl (C=O) groups is 1. The summed E-state index contributed by atoms with van der Waals surface area (Å²) in [5.74, 6) is 0.0404. The molecule has 0 unspecified atom stereocenters. The van der Waals surface area contributed by atoms with Gasteiger partial charge < -0.3 is 10.2 Å². The quantitative estimate of drug-likeness (QED) is 0.859. The molecule has 24 heavy (non-hydrogen) atoms. The van der Waals surface area contributed by atoms with Crippen LogP contribution in [0.1, 0.15) is 23.2 Å². The fourth-order valence-corrected chi connectivity index (χ4v) is 4.13. The number of benzene rings is 2. The molecule has 1 saturated heterocycles. The normalized spacial score (nSPS) is 18.8. The Balaban J connectivity index is 1.31. The molecule has 1 N–H and O–H groups in total. The van der Waals surface area contributed by atoms with Crippen molar-refractivity contribution in [1.82, 2.24) is 4.90 Å². The third kappa shape index (κ3) is 2.87. The standard InChI is InChI=1S/C19H18Cl2N2O/c20-16-7-6-13(8-17(16)21)18(24)23-11-19(12-23)9-15(10-19)22-14-4-2-1-3-5-14/h1-8,15,22H,9-12H2. The highest BCUT2D eigenvalue weighted by atomic mass is 35.5. The molecule has 2 aliphatic rings. The molecule has 0 bridgehead atoms. The van der Waals surface area contributed by atoms with Gasteiger partial charge in [-0.15, -0.1) is 0 Å². The number of likely N-dealkylation sites (tertiary alicyclic amines) is 1. The van der Waals surface area contributed by atoms with E-state index in [4.69, 9.17) is 23.2 Å². The Labute approximate surface area is 151 Å². The highest BCUT2D eigenvalue weighted by Gasteiger charge is 2.53. The maximum absolute atomic E-state index is 12.5. The van der Waals surface area contributed by atoms with Crippen LogP contribution in [-0.4, -0.2) is 29.9 Å². The molecule has 1 aliphatic heterocycles. The lowest BCUT2D eigenvalue weighted by atomic mass is 9.60. The van der Waals surface area contributed by atoms with Crippen LogP contribution in [0.15, 0.2) is 48.5 Å². The Morgan fingerprint density at radius 1 is 1.04 bits per heavy atom. The summed E-state index contributed by atoms with van der Waals surface area (Å²) < 4.78 is 0. The number of hydrogen-bond donors (Lipinski definition) is 1. The summed E-state index contributed by atoms with van der Waals surface area (Å²) in [5.41, 5.74) is 2.08. The number of nitrogens with zero attached hydrogens (tertiary/aromatic N) is 1. The predicted molar refractivity (Wildman–Crippen MR) is 97.9 cm³/mol. The second kappa shape index (κ2) is 5.98. The molecule has 2 aromatic carbocycles. The molecule has 1 spiro atoms. The zero-order valence-corrected chi connectivity index (χ0v) is 14.6. The van der Waals surface area contributed by atoms with Crippen LogP contribution in [0.4, 0.5) is 5.69 Å². The van der Waals surface area contributed by atoms with Gasteiger partial charge in [0.05, 0.1) is 10.0 Å². The Kier molecular flexibility index (Phi) is 3.93. The van der Waals surface area contributed by atoms with Gasteiger partial charge in [-0.05, 0) is 43.2 Å². The van der Waals surface area contributed by atoms with Crippen molar-refractivity contribution in [2.24, 2.45) is 5.41 Å². The minimum Gasteiger partial charge on any atom is -0.382 e. The van der Waals surface area contributed by atoms with Crippen LogP contribution in [0.25, 0.3) is 0 Å². The zero-order valence-electron chi connectivity index (χ0n) is 13.1. The molecule has 1 saturated carbocycles. The van der Waals surface area contributed by atoms with E-state index in [0.717, 1.165) is 25.9 Å². The highest BCUT2D eigenvalue weighted by Crippen LogP contribution is 2.49. The molecule has 0 aromatic heterocycles. The fraction of sp³-hybridized carbons (Fsp3) is 0.316. The van der Waals surface area contributed by atoms with E-state index in [1.165, 1.54) is 5.69 Å². The molecule has 3 nitrogen and oxygen atoms in total. The summed E-state index contributed by atoms with van der Waals surface area (Å²) in [6, 6.07) is 15.9. The largest absolute Gasteiger partial charge is 0.382 e. The van der Waals surface area contributed by atoms with Gasteiger partial charge in [0, 0.05) is 35.8 Å². The van der Waals surface area contributed by atoms with Crippen molar-refractivity contribution >= 4 is 34.8 Å². The summed E-state index contributed by atoms with van der Waals surface area (Å²) in [5, 5.41) is 4.45. The van der Waals surface area contributed by atoms with Crippen LogP contribution in [0.5, 0.6) is 0 Å². The number of amides is 1. The first kappa shape index (κ1) is 15.8. The van der Waals surface area contributed by atoms with Crippen LogP contribution in [0.3, 0.4) is 0 Å². The number of nitrogens with one attached hydrogen (secondary N) is 1. The molecule has 0 atom stereocenters. The lowest BCUT2D eigenvalue weighted by molar-refractivity contribution is -0.0492. The molecular formula is C19H18Cl2N2O. The number of anilines is 1. The van der Waals surface area contributed by atoms with Crippen molar-refractivity contribution in [1.29, 1.82) is 0 Å². The van der Waals surface area contributed by atoms with Gasteiger partial charge in [-0.25, -0.2) is 0 Å². The van der Waals surface area contributed by atoms with Gasteiger partial charge >= 0.3 is 0 Å². The third-order valence-corrected chi connectivity index (χ3v) is 5.75. The molecule has 1 heterocycles. The van der Waals surface area contributed by atoms with E-state index in [1.54, 1.807) is 18.2 Å². The highest BCUT2D eigenvalue weighted by molar-refractivity contribution is 6.42. The van der Waals surface area contributed by atoms with E-state index in [-0.39, 0.29) is 5.91 Å². The van der Waals surface area contributed by atoms with Crippen molar-refractivity contribution in [3.8, 4) is 0 Å². The minimum absolute atomic E-state index is 0.0404. The van der Waals surface area contributed by atoms with Crippen molar-refractivity contribution in [3.05, 3.63) is 64.1 Å². The van der Waals surface area contributed by atoms with Crippen molar-refractivity contribution < 1.29 is 4.79 Å². The Bertz CT molecular complexity index is 764. The number of rotatable bonds is 3. The maximum Gasteiger partial charge on any atom is 0.253 e. The van der Waals surface area contributed by atoms with Gasteiger partial charge in [-0.2, -0.15) is 0 Å². The molecule has 1 amide bonds. The average Bonchev–Trinajstić information content (AvgIpc) is 2.51. The Morgan fingerprint density at radius 3 is 2.42 bits per heavy atom. The molecule has 124 valence electrons. The first-order valence-corrected chi connectivity index (χ1v) is 8.86. The summed E-state index contributed by atoms with van der Waals surface area (Å²) in [6.45, 7) is 1.66. The molecule has 1 aliphatic carbocycles. The predicted octanol–water partition coefficient (Wildman–Crippen LogP) is 4.71. The number of halogens is 2. The molecule has 0 radical (unpaired) electrons. The van der Waals surface area contributed by atoms with Crippen molar-refractivity contribution in [3.63, 3.8) is 0 Å². The van der Waals surface area contributed by atoms with Gasteiger partial charge in [0.25, 0.3) is 5.91 Å². The number of para-hydroxylation sites is 1. The van der Waals surface area contributed by atoms with Crippen LogP contribution in [0.2, 0.25) is 10.0 Å². The summed E-state index contributed by atoms with van der Waals surface area (Å²) in [6.07, 6.45) is 2.24. The van der Waals surface area contributed by atoms with E-state index in [2.05, 4.69) is 17.4 Å². The molecule has 2 aromatic rings. The fourth-order valence-electron chi connectivity index (χ4n) is 3.83. The minimum atomic E-state index is 0.0404. The average molecular weight is 361 g/mol. The SMILES string of the molecule is O=C(c1ccc(Cl)c(Cl)c1)N1CC2(CC(Nc3ccccc3)C2)C1. The summed E-state index contributed by atoms with van der Waals surface area (Å²) >= 11 is 11.9. The van der Waals surface area contributed by atoms with Crippen LogP contribution >= 0.6 is 23.2 Å². The first-order valence-electron chi connectivity index (χ1n) is 8.11. The number of carbonyl (C=O) groups excluding carboxylic acids is 1. The topological polar surface area (TPSA) is 32.3 Å². The second-order valence-corrected chi connectivity index (χ2v) is 7.72. The molecular weight excluding hydrogens is 343 g/mol. The third-order valence-electron chi connectivity index (χ3n) is 5.01. The Hall–Kier alpha value is -1.71. The maximum atomic E-state index is 12.5. The number of hydrogen-bond acceptors (Lipinski definition) is 2. The first-order chi connectivity index (χ1) is 11.5. The van der Waals surface area contributed by atoms with Gasteiger partial charge in [-0.1, -0.05) is 41.4 Å².